The van der Waals surface area contributed by atoms with Gasteiger partial charge in [0.2, 0.25) is 5.91 Å². The van der Waals surface area contributed by atoms with Gasteiger partial charge in [-0.1, -0.05) is 80.3 Å². The lowest BCUT2D eigenvalue weighted by Crippen LogP contribution is -2.30. The minimum Gasteiger partial charge on any atom is -0.273 e. The number of amides is 1. The van der Waals surface area contributed by atoms with Crippen LogP contribution in [0.25, 0.3) is 17.1 Å². The standard InChI is InChI=1S/C30H26F3N5OS2/c1-19(2)24-5-3-4-6-25(24)38-27(39)17-41-29(38)35-26(40)16-9-20-7-10-21(11-8-20)28-34-18-37(36-28)23-14-12-22(13-15-23)30(31,32)33/h3-8,10-15,18-19H,9,16-17H2,1-2H3. The molecule has 0 spiro atoms. The van der Waals surface area contributed by atoms with Crippen molar-refractivity contribution in [2.24, 2.45) is 4.99 Å². The Balaban J connectivity index is 1.22. The number of carbonyl (C=O) groups is 1. The number of aryl methyl sites for hydroxylation is 1. The number of rotatable bonds is 7. The Morgan fingerprint density at radius 3 is 2.44 bits per heavy atom. The van der Waals surface area contributed by atoms with Gasteiger partial charge in [0.05, 0.1) is 22.7 Å². The molecule has 0 atom stereocenters. The SMILES string of the molecule is CC(C)c1ccccc1N1C(=O)CSC1=NC(=S)CCc1ccc(-c2ncn(-c3ccc(C(F)(F)F)cc3)n2)cc1. The molecule has 4 aromatic rings. The highest BCUT2D eigenvalue weighted by atomic mass is 32.2. The molecule has 0 N–H and O–H groups in total. The van der Waals surface area contributed by atoms with Gasteiger partial charge in [0.15, 0.2) is 11.0 Å². The Kier molecular flexibility index (Phi) is 8.37. The van der Waals surface area contributed by atoms with Crippen molar-refractivity contribution >= 4 is 45.7 Å². The smallest absolute Gasteiger partial charge is 0.273 e. The van der Waals surface area contributed by atoms with E-state index in [-0.39, 0.29) is 11.8 Å². The summed E-state index contributed by atoms with van der Waals surface area (Å²) in [5, 5.41) is 5.02. The van der Waals surface area contributed by atoms with Crippen molar-refractivity contribution in [2.75, 3.05) is 10.7 Å². The second kappa shape index (κ2) is 12.0. The van der Waals surface area contributed by atoms with Crippen LogP contribution in [0.1, 0.15) is 42.9 Å². The molecule has 0 saturated carbocycles. The van der Waals surface area contributed by atoms with Gasteiger partial charge in [0, 0.05) is 12.0 Å². The number of hydrogen-bond acceptors (Lipinski definition) is 5. The summed E-state index contributed by atoms with van der Waals surface area (Å²) in [5.41, 5.74) is 3.53. The Morgan fingerprint density at radius 2 is 1.76 bits per heavy atom. The average molecular weight is 594 g/mol. The Bertz CT molecular complexity index is 1600. The molecule has 1 aliphatic heterocycles. The van der Waals surface area contributed by atoms with E-state index in [0.29, 0.717) is 40.3 Å². The third kappa shape index (κ3) is 6.57. The summed E-state index contributed by atoms with van der Waals surface area (Å²) >= 11 is 6.97. The summed E-state index contributed by atoms with van der Waals surface area (Å²) < 4.78 is 40.0. The molecule has 1 saturated heterocycles. The first kappa shape index (κ1) is 28.7. The summed E-state index contributed by atoms with van der Waals surface area (Å²) in [6.07, 6.45) is -1.70. The lowest BCUT2D eigenvalue weighted by Gasteiger charge is -2.21. The van der Waals surface area contributed by atoms with Crippen LogP contribution >= 0.6 is 24.0 Å². The van der Waals surface area contributed by atoms with Gasteiger partial charge in [-0.3, -0.25) is 9.69 Å². The summed E-state index contributed by atoms with van der Waals surface area (Å²) in [4.78, 5) is 23.9. The number of halogens is 3. The van der Waals surface area contributed by atoms with E-state index in [4.69, 9.17) is 12.2 Å². The molecule has 3 aromatic carbocycles. The van der Waals surface area contributed by atoms with Crippen molar-refractivity contribution in [3.05, 3.63) is 95.8 Å². The predicted octanol–water partition coefficient (Wildman–Crippen LogP) is 7.47. The predicted molar refractivity (Wildman–Crippen MR) is 161 cm³/mol. The summed E-state index contributed by atoms with van der Waals surface area (Å²) in [6.45, 7) is 4.19. The van der Waals surface area contributed by atoms with Crippen molar-refractivity contribution in [1.29, 1.82) is 0 Å². The number of carbonyl (C=O) groups excluding carboxylic acids is 1. The fourth-order valence-corrected chi connectivity index (χ4v) is 5.55. The van der Waals surface area contributed by atoms with Crippen LogP contribution in [-0.4, -0.2) is 36.6 Å². The monoisotopic (exact) mass is 593 g/mol. The number of alkyl halides is 3. The van der Waals surface area contributed by atoms with Crippen LogP contribution in [-0.2, 0) is 17.4 Å². The zero-order valence-electron chi connectivity index (χ0n) is 22.3. The van der Waals surface area contributed by atoms with Gasteiger partial charge in [0.25, 0.3) is 0 Å². The first-order chi connectivity index (χ1) is 19.6. The van der Waals surface area contributed by atoms with Crippen molar-refractivity contribution in [1.82, 2.24) is 14.8 Å². The zero-order chi connectivity index (χ0) is 29.1. The molecule has 2 heterocycles. The number of nitrogens with zero attached hydrogens (tertiary/aromatic N) is 5. The molecule has 0 radical (unpaired) electrons. The summed E-state index contributed by atoms with van der Waals surface area (Å²) in [6, 6.07) is 20.3. The Morgan fingerprint density at radius 1 is 1.05 bits per heavy atom. The molecule has 41 heavy (non-hydrogen) atoms. The van der Waals surface area contributed by atoms with E-state index < -0.39 is 11.7 Å². The second-order valence-electron chi connectivity index (χ2n) is 9.77. The van der Waals surface area contributed by atoms with Crippen molar-refractivity contribution in [3.8, 4) is 17.1 Å². The second-order valence-corrected chi connectivity index (χ2v) is 11.2. The van der Waals surface area contributed by atoms with Gasteiger partial charge in [-0.15, -0.1) is 5.10 Å². The number of amidine groups is 1. The molecule has 11 heteroatoms. The summed E-state index contributed by atoms with van der Waals surface area (Å²) in [5.74, 6) is 1.05. The van der Waals surface area contributed by atoms with Crippen LogP contribution in [0.4, 0.5) is 18.9 Å². The van der Waals surface area contributed by atoms with E-state index in [1.165, 1.54) is 34.9 Å². The molecule has 1 aliphatic rings. The van der Waals surface area contributed by atoms with Crippen LogP contribution in [0.2, 0.25) is 0 Å². The fourth-order valence-electron chi connectivity index (χ4n) is 4.42. The van der Waals surface area contributed by atoms with Crippen LogP contribution in [0.5, 0.6) is 0 Å². The van der Waals surface area contributed by atoms with Gasteiger partial charge in [0.1, 0.15) is 11.3 Å². The van der Waals surface area contributed by atoms with Gasteiger partial charge in [-0.25, -0.2) is 14.7 Å². The Hall–Kier alpha value is -3.83. The van der Waals surface area contributed by atoms with Gasteiger partial charge >= 0.3 is 6.18 Å². The topological polar surface area (TPSA) is 63.4 Å². The van der Waals surface area contributed by atoms with Gasteiger partial charge < -0.3 is 0 Å². The van der Waals surface area contributed by atoms with E-state index in [1.54, 1.807) is 4.90 Å². The third-order valence-electron chi connectivity index (χ3n) is 6.58. The van der Waals surface area contributed by atoms with E-state index >= 15 is 0 Å². The van der Waals surface area contributed by atoms with E-state index in [0.717, 1.165) is 34.5 Å². The first-order valence-corrected chi connectivity index (χ1v) is 14.3. The molecular formula is C30H26F3N5OS2. The number of benzene rings is 3. The minimum atomic E-state index is -4.39. The Labute approximate surface area is 245 Å². The van der Waals surface area contributed by atoms with E-state index in [2.05, 4.69) is 28.9 Å². The van der Waals surface area contributed by atoms with Gasteiger partial charge in [-0.2, -0.15) is 13.2 Å². The van der Waals surface area contributed by atoms with Crippen LogP contribution in [0.15, 0.2) is 84.1 Å². The normalized spacial score (nSPS) is 14.8. The average Bonchev–Trinajstić information content (AvgIpc) is 3.59. The maximum absolute atomic E-state index is 12.8. The highest BCUT2D eigenvalue weighted by molar-refractivity contribution is 8.15. The van der Waals surface area contributed by atoms with Crippen LogP contribution < -0.4 is 4.90 Å². The van der Waals surface area contributed by atoms with E-state index in [1.807, 2.05) is 48.5 Å². The largest absolute Gasteiger partial charge is 0.416 e. The van der Waals surface area contributed by atoms with Crippen LogP contribution in [0, 0.1) is 0 Å². The minimum absolute atomic E-state index is 0.00499. The van der Waals surface area contributed by atoms with Crippen LogP contribution in [0.3, 0.4) is 0 Å². The maximum atomic E-state index is 12.8. The molecule has 0 aliphatic carbocycles. The molecule has 0 bridgehead atoms. The van der Waals surface area contributed by atoms with Gasteiger partial charge in [-0.05, 0) is 53.8 Å². The lowest BCUT2D eigenvalue weighted by atomic mass is 10.0. The molecule has 1 aromatic heterocycles. The highest BCUT2D eigenvalue weighted by Crippen LogP contribution is 2.33. The van der Waals surface area contributed by atoms with Crippen molar-refractivity contribution in [2.45, 2.75) is 38.8 Å². The molecule has 0 unspecified atom stereocenters. The quantitative estimate of drug-likeness (QED) is 0.208. The van der Waals surface area contributed by atoms with E-state index in [9.17, 15) is 18.0 Å². The maximum Gasteiger partial charge on any atom is 0.416 e. The number of thioether (sulfide) groups is 1. The third-order valence-corrected chi connectivity index (χ3v) is 7.79. The molecular weight excluding hydrogens is 567 g/mol. The molecule has 210 valence electrons. The summed E-state index contributed by atoms with van der Waals surface area (Å²) in [7, 11) is 0. The number of aliphatic imine (C=N–C) groups is 1. The molecule has 1 fully saturated rings. The number of para-hydroxylation sites is 1. The number of thiocarbonyl (C=S) groups is 1. The lowest BCUT2D eigenvalue weighted by molar-refractivity contribution is -0.137. The van der Waals surface area contributed by atoms with Crippen molar-refractivity contribution < 1.29 is 18.0 Å². The first-order valence-electron chi connectivity index (χ1n) is 12.9. The highest BCUT2D eigenvalue weighted by Gasteiger charge is 2.32. The molecule has 6 nitrogen and oxygen atoms in total. The zero-order valence-corrected chi connectivity index (χ0v) is 23.9. The fraction of sp³-hybridized carbons (Fsp3) is 0.233. The number of anilines is 1. The number of hydrogen-bond donors (Lipinski definition) is 0. The molecule has 1 amide bonds. The number of aromatic nitrogens is 3. The van der Waals surface area contributed by atoms with Crippen molar-refractivity contribution in [3.63, 3.8) is 0 Å². The molecule has 5 rings (SSSR count).